The fourth-order valence-electron chi connectivity index (χ4n) is 3.31. The van der Waals surface area contributed by atoms with Crippen LogP contribution in [0.1, 0.15) is 47.2 Å². The Morgan fingerprint density at radius 1 is 1.37 bits per heavy atom. The highest BCUT2D eigenvalue weighted by atomic mass is 32.1. The molecule has 0 bridgehead atoms. The molecule has 2 aromatic rings. The third kappa shape index (κ3) is 4.36. The number of carbonyl (C=O) groups is 1. The summed E-state index contributed by atoms with van der Waals surface area (Å²) in [5, 5.41) is 11.8. The number of aryl methyl sites for hydroxylation is 1. The molecule has 9 heteroatoms. The van der Waals surface area contributed by atoms with E-state index in [0.717, 1.165) is 33.0 Å². The predicted molar refractivity (Wildman–Crippen MR) is 101 cm³/mol. The van der Waals surface area contributed by atoms with Crippen LogP contribution in [0.15, 0.2) is 10.9 Å². The molecule has 3 heterocycles. The number of ether oxygens (including phenoxy) is 1. The average Bonchev–Trinajstić information content (AvgIpc) is 3.05. The van der Waals surface area contributed by atoms with Gasteiger partial charge in [-0.3, -0.25) is 4.79 Å². The maximum Gasteiger partial charge on any atom is 0.315 e. The van der Waals surface area contributed by atoms with E-state index in [9.17, 15) is 14.0 Å². The van der Waals surface area contributed by atoms with Gasteiger partial charge in [-0.25, -0.2) is 9.89 Å². The van der Waals surface area contributed by atoms with Crippen LogP contribution >= 0.6 is 11.3 Å². The van der Waals surface area contributed by atoms with Gasteiger partial charge in [-0.15, -0.1) is 11.3 Å². The summed E-state index contributed by atoms with van der Waals surface area (Å²) < 4.78 is 19.1. The summed E-state index contributed by atoms with van der Waals surface area (Å²) >= 11 is 1.13. The van der Waals surface area contributed by atoms with E-state index in [1.165, 1.54) is 6.07 Å². The molecule has 0 spiro atoms. The molecule has 2 aromatic heterocycles. The molecular weight excluding hydrogens is 371 g/mol. The molecule has 1 unspecified atom stereocenters. The largest absolute Gasteiger partial charge is 0.371 e. The molecule has 0 aliphatic carbocycles. The number of rotatable bonds is 6. The molecule has 146 valence electrons. The minimum Gasteiger partial charge on any atom is -0.371 e. The number of hydrogen-bond donors (Lipinski definition) is 3. The van der Waals surface area contributed by atoms with Gasteiger partial charge in [0.15, 0.2) is 5.13 Å². The first kappa shape index (κ1) is 19.5. The molecule has 3 rings (SSSR count). The Hall–Kier alpha value is -2.26. The lowest BCUT2D eigenvalue weighted by molar-refractivity contribution is 0.0453. The molecular formula is C18H23FN4O3S. The topological polar surface area (TPSA) is 96.1 Å². The van der Waals surface area contributed by atoms with E-state index in [1.54, 1.807) is 0 Å². The van der Waals surface area contributed by atoms with Crippen LogP contribution in [0.4, 0.5) is 9.18 Å². The van der Waals surface area contributed by atoms with Gasteiger partial charge >= 0.3 is 6.03 Å². The van der Waals surface area contributed by atoms with E-state index in [4.69, 9.17) is 4.74 Å². The van der Waals surface area contributed by atoms with Crippen molar-refractivity contribution in [2.45, 2.75) is 45.8 Å². The lowest BCUT2D eigenvalue weighted by Crippen LogP contribution is -2.39. The highest BCUT2D eigenvalue weighted by Gasteiger charge is 2.24. The Labute approximate surface area is 160 Å². The molecule has 1 aliphatic heterocycles. The van der Waals surface area contributed by atoms with Gasteiger partial charge in [0.25, 0.3) is 5.56 Å². The molecule has 0 aromatic carbocycles. The Bertz CT molecular complexity index is 880. The lowest BCUT2D eigenvalue weighted by Gasteiger charge is -2.23. The maximum atomic E-state index is 13.5. The second kappa shape index (κ2) is 8.62. The number of H-pyrrole nitrogens is 1. The summed E-state index contributed by atoms with van der Waals surface area (Å²) in [5.74, 6) is 0. The van der Waals surface area contributed by atoms with Crippen molar-refractivity contribution in [2.24, 2.45) is 0 Å². The number of nitrogens with one attached hydrogen (secondary N) is 3. The van der Waals surface area contributed by atoms with Crippen LogP contribution in [0.25, 0.3) is 0 Å². The SMILES string of the molecule is CCc1n[nH]c(=O)c(CNC(=O)NCC2OCCc3sc(F)cc32)c1CC. The zero-order valence-electron chi connectivity index (χ0n) is 15.4. The van der Waals surface area contributed by atoms with Crippen LogP contribution in [0, 0.1) is 5.13 Å². The Morgan fingerprint density at radius 3 is 2.93 bits per heavy atom. The van der Waals surface area contributed by atoms with Gasteiger partial charge in [0.2, 0.25) is 0 Å². The molecule has 3 N–H and O–H groups in total. The van der Waals surface area contributed by atoms with Crippen molar-refractivity contribution in [1.29, 1.82) is 0 Å². The smallest absolute Gasteiger partial charge is 0.315 e. The number of hydrogen-bond acceptors (Lipinski definition) is 5. The van der Waals surface area contributed by atoms with E-state index in [2.05, 4.69) is 20.8 Å². The summed E-state index contributed by atoms with van der Waals surface area (Å²) in [7, 11) is 0. The van der Waals surface area contributed by atoms with Crippen molar-refractivity contribution >= 4 is 17.4 Å². The fourth-order valence-corrected chi connectivity index (χ4v) is 4.22. The van der Waals surface area contributed by atoms with Gasteiger partial charge in [-0.1, -0.05) is 13.8 Å². The van der Waals surface area contributed by atoms with Crippen molar-refractivity contribution in [3.8, 4) is 0 Å². The van der Waals surface area contributed by atoms with Crippen molar-refractivity contribution in [3.63, 3.8) is 0 Å². The van der Waals surface area contributed by atoms with Crippen LogP contribution in [-0.2, 0) is 30.5 Å². The van der Waals surface area contributed by atoms with Gasteiger partial charge in [0, 0.05) is 23.4 Å². The third-order valence-corrected chi connectivity index (χ3v) is 5.65. The van der Waals surface area contributed by atoms with Crippen molar-refractivity contribution < 1.29 is 13.9 Å². The van der Waals surface area contributed by atoms with Crippen molar-refractivity contribution in [2.75, 3.05) is 13.2 Å². The van der Waals surface area contributed by atoms with Crippen molar-refractivity contribution in [1.82, 2.24) is 20.8 Å². The summed E-state index contributed by atoms with van der Waals surface area (Å²) in [6, 6.07) is 1.07. The number of aromatic nitrogens is 2. The minimum atomic E-state index is -0.405. The molecule has 2 amide bonds. The maximum absolute atomic E-state index is 13.5. The number of thiophene rings is 1. The molecule has 1 atom stereocenters. The number of fused-ring (bicyclic) bond motifs is 1. The van der Waals surface area contributed by atoms with E-state index < -0.39 is 6.03 Å². The average molecular weight is 394 g/mol. The molecule has 0 saturated heterocycles. The van der Waals surface area contributed by atoms with Crippen LogP contribution in [0.2, 0.25) is 0 Å². The lowest BCUT2D eigenvalue weighted by atomic mass is 10.0. The predicted octanol–water partition coefficient (Wildman–Crippen LogP) is 2.21. The number of halogens is 1. The van der Waals surface area contributed by atoms with Gasteiger partial charge in [0.05, 0.1) is 18.8 Å². The molecule has 1 aliphatic rings. The Balaban J connectivity index is 1.59. The first-order valence-electron chi connectivity index (χ1n) is 9.04. The van der Waals surface area contributed by atoms with Crippen LogP contribution < -0.4 is 16.2 Å². The van der Waals surface area contributed by atoms with E-state index >= 15 is 0 Å². The molecule has 7 nitrogen and oxygen atoms in total. The quantitative estimate of drug-likeness (QED) is 0.700. The Morgan fingerprint density at radius 2 is 2.19 bits per heavy atom. The number of aromatic amines is 1. The standard InChI is InChI=1S/C18H23FN4O3S/c1-3-10-12(17(24)23-22-13(10)4-2)8-20-18(25)21-9-14-11-7-16(19)27-15(11)5-6-26-14/h7,14H,3-6,8-9H2,1-2H3,(H,23,24)(H2,20,21,25). The van der Waals surface area contributed by atoms with E-state index in [1.807, 2.05) is 13.8 Å². The molecule has 0 saturated carbocycles. The fraction of sp³-hybridized carbons (Fsp3) is 0.500. The number of urea groups is 1. The summed E-state index contributed by atoms with van der Waals surface area (Å²) in [5.41, 5.74) is 2.73. The monoisotopic (exact) mass is 394 g/mol. The first-order valence-corrected chi connectivity index (χ1v) is 9.85. The zero-order valence-corrected chi connectivity index (χ0v) is 16.2. The van der Waals surface area contributed by atoms with Crippen LogP contribution in [-0.4, -0.2) is 29.4 Å². The third-order valence-electron chi connectivity index (χ3n) is 4.65. The normalized spacial score (nSPS) is 16.0. The summed E-state index contributed by atoms with van der Waals surface area (Å²) in [4.78, 5) is 25.2. The Kier molecular flexibility index (Phi) is 6.22. The van der Waals surface area contributed by atoms with E-state index in [0.29, 0.717) is 31.4 Å². The molecule has 0 radical (unpaired) electrons. The van der Waals surface area contributed by atoms with Gasteiger partial charge in [0.1, 0.15) is 6.10 Å². The van der Waals surface area contributed by atoms with Gasteiger partial charge in [-0.2, -0.15) is 9.49 Å². The number of nitrogens with zero attached hydrogens (tertiary/aromatic N) is 1. The number of carbonyl (C=O) groups excluding carboxylic acids is 1. The summed E-state index contributed by atoms with van der Waals surface area (Å²) in [6.07, 6.45) is 1.71. The summed E-state index contributed by atoms with van der Waals surface area (Å²) in [6.45, 7) is 4.78. The van der Waals surface area contributed by atoms with Gasteiger partial charge < -0.3 is 15.4 Å². The second-order valence-corrected chi connectivity index (χ2v) is 7.35. The molecule has 27 heavy (non-hydrogen) atoms. The molecule has 0 fully saturated rings. The van der Waals surface area contributed by atoms with E-state index in [-0.39, 0.29) is 29.9 Å². The highest BCUT2D eigenvalue weighted by Crippen LogP contribution is 2.32. The van der Waals surface area contributed by atoms with Crippen LogP contribution in [0.5, 0.6) is 0 Å². The highest BCUT2D eigenvalue weighted by molar-refractivity contribution is 7.10. The minimum absolute atomic E-state index is 0.115. The van der Waals surface area contributed by atoms with Crippen molar-refractivity contribution in [3.05, 3.63) is 48.8 Å². The van der Waals surface area contributed by atoms with Gasteiger partial charge in [-0.05, 0) is 30.0 Å². The second-order valence-electron chi connectivity index (χ2n) is 6.27. The zero-order chi connectivity index (χ0) is 19.4. The van der Waals surface area contributed by atoms with Crippen LogP contribution in [0.3, 0.4) is 0 Å². The first-order chi connectivity index (χ1) is 13.0. The number of amides is 2.